The molecule has 1 saturated heterocycles. The van der Waals surface area contributed by atoms with E-state index in [1.54, 1.807) is 23.4 Å². The van der Waals surface area contributed by atoms with Gasteiger partial charge in [-0.2, -0.15) is 0 Å². The summed E-state index contributed by atoms with van der Waals surface area (Å²) >= 11 is 3.31. The highest BCUT2D eigenvalue weighted by Crippen LogP contribution is 2.16. The minimum Gasteiger partial charge on any atom is -0.352 e. The summed E-state index contributed by atoms with van der Waals surface area (Å²) in [4.78, 5) is 29.2. The number of nitrogens with one attached hydrogen (secondary N) is 1. The van der Waals surface area contributed by atoms with Crippen molar-refractivity contribution in [2.24, 2.45) is 0 Å². The molecule has 5 nitrogen and oxygen atoms in total. The second kappa shape index (κ2) is 6.14. The van der Waals surface area contributed by atoms with Crippen LogP contribution in [0.2, 0.25) is 0 Å². The summed E-state index contributed by atoms with van der Waals surface area (Å²) < 4.78 is 0.786. The maximum atomic E-state index is 12.3. The third-order valence-corrected chi connectivity index (χ3v) is 3.50. The summed E-state index contributed by atoms with van der Waals surface area (Å²) in [6.07, 6.45) is 5.03. The minimum absolute atomic E-state index is 0.0381. The number of piperidine rings is 1. The Labute approximate surface area is 120 Å². The summed E-state index contributed by atoms with van der Waals surface area (Å²) in [5.74, 6) is -0.0905. The Hall–Kier alpha value is -1.43. The van der Waals surface area contributed by atoms with Crippen LogP contribution >= 0.6 is 15.9 Å². The highest BCUT2D eigenvalue weighted by atomic mass is 79.9. The van der Waals surface area contributed by atoms with E-state index in [0.29, 0.717) is 12.1 Å². The number of halogens is 1. The number of carbonyl (C=O) groups is 2. The summed E-state index contributed by atoms with van der Waals surface area (Å²) in [5, 5.41) is 2.87. The average molecular weight is 326 g/mol. The maximum absolute atomic E-state index is 12.3. The molecule has 2 rings (SSSR count). The van der Waals surface area contributed by atoms with Gasteiger partial charge in [0.1, 0.15) is 0 Å². The van der Waals surface area contributed by atoms with E-state index in [4.69, 9.17) is 0 Å². The van der Waals surface area contributed by atoms with Crippen molar-refractivity contribution in [2.45, 2.75) is 25.8 Å². The molecule has 0 bridgehead atoms. The fraction of sp³-hybridized carbons (Fsp3) is 0.462. The molecule has 2 amide bonds. The van der Waals surface area contributed by atoms with Crippen molar-refractivity contribution in [1.29, 1.82) is 0 Å². The van der Waals surface area contributed by atoms with E-state index < -0.39 is 0 Å². The van der Waals surface area contributed by atoms with Crippen LogP contribution in [0.5, 0.6) is 0 Å². The van der Waals surface area contributed by atoms with Crippen LogP contribution in [0.1, 0.15) is 30.1 Å². The first-order valence-corrected chi connectivity index (χ1v) is 7.02. The predicted octanol–water partition coefficient (Wildman–Crippen LogP) is 1.58. The molecule has 0 saturated carbocycles. The van der Waals surface area contributed by atoms with Crippen molar-refractivity contribution >= 4 is 27.7 Å². The molecule has 0 radical (unpaired) electrons. The lowest BCUT2D eigenvalue weighted by atomic mass is 10.0. The molecule has 1 aliphatic heterocycles. The molecular weight excluding hydrogens is 310 g/mol. The summed E-state index contributed by atoms with van der Waals surface area (Å²) in [6, 6.07) is 1.81. The van der Waals surface area contributed by atoms with Crippen molar-refractivity contribution in [3.8, 4) is 0 Å². The molecule has 19 heavy (non-hydrogen) atoms. The van der Waals surface area contributed by atoms with E-state index >= 15 is 0 Å². The molecule has 6 heteroatoms. The summed E-state index contributed by atoms with van der Waals surface area (Å²) in [7, 11) is 0. The lowest BCUT2D eigenvalue weighted by Gasteiger charge is -2.33. The molecule has 0 spiro atoms. The first-order chi connectivity index (χ1) is 9.06. The molecule has 0 aromatic carbocycles. The van der Waals surface area contributed by atoms with Gasteiger partial charge in [0.25, 0.3) is 5.91 Å². The highest BCUT2D eigenvalue weighted by Gasteiger charge is 2.25. The lowest BCUT2D eigenvalue weighted by Crippen LogP contribution is -2.49. The molecule has 1 aromatic heterocycles. The van der Waals surface area contributed by atoms with Gasteiger partial charge in [0, 0.05) is 42.9 Å². The fourth-order valence-electron chi connectivity index (χ4n) is 2.28. The van der Waals surface area contributed by atoms with Crippen LogP contribution in [0.25, 0.3) is 0 Å². The van der Waals surface area contributed by atoms with Crippen LogP contribution in [-0.2, 0) is 4.79 Å². The number of likely N-dealkylation sites (tertiary alicyclic amines) is 1. The van der Waals surface area contributed by atoms with Gasteiger partial charge in [-0.3, -0.25) is 14.6 Å². The van der Waals surface area contributed by atoms with Crippen molar-refractivity contribution in [1.82, 2.24) is 15.2 Å². The Morgan fingerprint density at radius 1 is 1.47 bits per heavy atom. The first kappa shape index (κ1) is 14.0. The SMILES string of the molecule is CC(=O)NC1CCCN(C(=O)c2cncc(Br)c2)C1. The van der Waals surface area contributed by atoms with Crippen LogP contribution in [-0.4, -0.2) is 40.8 Å². The summed E-state index contributed by atoms with van der Waals surface area (Å²) in [5.41, 5.74) is 0.567. The van der Waals surface area contributed by atoms with E-state index in [1.165, 1.54) is 6.92 Å². The molecule has 1 unspecified atom stereocenters. The molecular formula is C13H16BrN3O2. The molecule has 1 atom stereocenters. The first-order valence-electron chi connectivity index (χ1n) is 6.23. The van der Waals surface area contributed by atoms with Gasteiger partial charge in [-0.1, -0.05) is 0 Å². The second-order valence-electron chi connectivity index (χ2n) is 4.68. The molecule has 102 valence electrons. The van der Waals surface area contributed by atoms with Crippen LogP contribution < -0.4 is 5.32 Å². The van der Waals surface area contributed by atoms with E-state index in [0.717, 1.165) is 23.9 Å². The van der Waals surface area contributed by atoms with Crippen molar-refractivity contribution in [3.05, 3.63) is 28.5 Å². The monoisotopic (exact) mass is 325 g/mol. The second-order valence-corrected chi connectivity index (χ2v) is 5.60. The average Bonchev–Trinajstić information content (AvgIpc) is 2.37. The maximum Gasteiger partial charge on any atom is 0.255 e. The Morgan fingerprint density at radius 3 is 2.95 bits per heavy atom. The Balaban J connectivity index is 2.04. The van der Waals surface area contributed by atoms with E-state index in [1.807, 2.05) is 0 Å². The minimum atomic E-state index is -0.0524. The fourth-order valence-corrected chi connectivity index (χ4v) is 2.64. The van der Waals surface area contributed by atoms with E-state index in [-0.39, 0.29) is 17.9 Å². The number of hydrogen-bond donors (Lipinski definition) is 1. The van der Waals surface area contributed by atoms with Crippen LogP contribution in [0, 0.1) is 0 Å². The number of amides is 2. The van der Waals surface area contributed by atoms with Crippen molar-refractivity contribution in [3.63, 3.8) is 0 Å². The van der Waals surface area contributed by atoms with E-state index in [9.17, 15) is 9.59 Å². The quantitative estimate of drug-likeness (QED) is 0.898. The van der Waals surface area contributed by atoms with Crippen molar-refractivity contribution in [2.75, 3.05) is 13.1 Å². The Kier molecular flexibility index (Phi) is 4.52. The molecule has 1 N–H and O–H groups in total. The summed E-state index contributed by atoms with van der Waals surface area (Å²) in [6.45, 7) is 2.78. The number of nitrogens with zero attached hydrogens (tertiary/aromatic N) is 2. The molecule has 2 heterocycles. The number of rotatable bonds is 2. The van der Waals surface area contributed by atoms with Crippen LogP contribution in [0.3, 0.4) is 0 Å². The zero-order valence-electron chi connectivity index (χ0n) is 10.7. The van der Waals surface area contributed by atoms with Crippen molar-refractivity contribution < 1.29 is 9.59 Å². The third-order valence-electron chi connectivity index (χ3n) is 3.07. The van der Waals surface area contributed by atoms with Gasteiger partial charge >= 0.3 is 0 Å². The molecule has 0 aliphatic carbocycles. The Morgan fingerprint density at radius 2 is 2.26 bits per heavy atom. The van der Waals surface area contributed by atoms with Gasteiger partial charge in [0.2, 0.25) is 5.91 Å². The third kappa shape index (κ3) is 3.76. The Bertz CT molecular complexity index is 493. The molecule has 1 aliphatic rings. The van der Waals surface area contributed by atoms with Gasteiger partial charge in [0.15, 0.2) is 0 Å². The normalized spacial score (nSPS) is 19.1. The number of pyridine rings is 1. The van der Waals surface area contributed by atoms with Gasteiger partial charge in [-0.15, -0.1) is 0 Å². The predicted molar refractivity (Wildman–Crippen MR) is 74.7 cm³/mol. The lowest BCUT2D eigenvalue weighted by molar-refractivity contribution is -0.120. The van der Waals surface area contributed by atoms with Crippen LogP contribution in [0.4, 0.5) is 0 Å². The van der Waals surface area contributed by atoms with E-state index in [2.05, 4.69) is 26.2 Å². The van der Waals surface area contributed by atoms with Gasteiger partial charge in [0.05, 0.1) is 5.56 Å². The standard InChI is InChI=1S/C13H16BrN3O2/c1-9(18)16-12-3-2-4-17(8-12)13(19)10-5-11(14)7-15-6-10/h5-7,12H,2-4,8H2,1H3,(H,16,18). The molecule has 1 aromatic rings. The number of hydrogen-bond acceptors (Lipinski definition) is 3. The van der Waals surface area contributed by atoms with Crippen LogP contribution in [0.15, 0.2) is 22.9 Å². The molecule has 1 fully saturated rings. The zero-order valence-corrected chi connectivity index (χ0v) is 12.3. The van der Waals surface area contributed by atoms with Gasteiger partial charge in [-0.25, -0.2) is 0 Å². The highest BCUT2D eigenvalue weighted by molar-refractivity contribution is 9.10. The number of carbonyl (C=O) groups excluding carboxylic acids is 2. The smallest absolute Gasteiger partial charge is 0.255 e. The van der Waals surface area contributed by atoms with Gasteiger partial charge < -0.3 is 10.2 Å². The number of aromatic nitrogens is 1. The topological polar surface area (TPSA) is 62.3 Å². The largest absolute Gasteiger partial charge is 0.352 e. The zero-order chi connectivity index (χ0) is 13.8. The van der Waals surface area contributed by atoms with Gasteiger partial charge in [-0.05, 0) is 34.8 Å².